The molecule has 9 radical (unpaired) electrons. The van der Waals surface area contributed by atoms with Crippen LogP contribution in [0.5, 0.6) is 0 Å². The molecule has 7 atom stereocenters. The van der Waals surface area contributed by atoms with E-state index in [4.69, 9.17) is 49.9 Å². The van der Waals surface area contributed by atoms with Crippen LogP contribution < -0.4 is 0 Å². The third kappa shape index (κ3) is 5.69. The Kier molecular flexibility index (Phi) is 8.59. The maximum Gasteiger partial charge on any atom is 0.377 e. The van der Waals surface area contributed by atoms with Crippen LogP contribution in [0, 0.1) is 35.5 Å². The first-order chi connectivity index (χ1) is 19.2. The quantitative estimate of drug-likeness (QED) is 0.235. The van der Waals surface area contributed by atoms with Crippen molar-refractivity contribution in [1.82, 2.24) is 0 Å². The molecule has 0 spiro atoms. The molecule has 0 N–H and O–H groups in total. The van der Waals surface area contributed by atoms with Gasteiger partial charge in [0, 0.05) is 81.4 Å². The zero-order valence-corrected chi connectivity index (χ0v) is 23.6. The van der Waals surface area contributed by atoms with Gasteiger partial charge >= 0.3 is 23.8 Å². The molecule has 7 aliphatic rings. The van der Waals surface area contributed by atoms with Crippen LogP contribution in [0.4, 0.5) is 8.78 Å². The van der Waals surface area contributed by atoms with Gasteiger partial charge in [-0.25, -0.2) is 9.59 Å². The number of carbonyl (C=O) groups excluding carboxylic acids is 3. The summed E-state index contributed by atoms with van der Waals surface area (Å²) in [6.45, 7) is 2.29. The predicted octanol–water partition coefficient (Wildman–Crippen LogP) is 0.757. The van der Waals surface area contributed by atoms with Gasteiger partial charge in [0.1, 0.15) is 24.4 Å². The summed E-state index contributed by atoms with van der Waals surface area (Å²) in [5.74, 6) is -5.05. The molecule has 6 aliphatic carbocycles. The minimum atomic E-state index is -3.53. The van der Waals surface area contributed by atoms with E-state index in [1.54, 1.807) is 0 Å². The van der Waals surface area contributed by atoms with Gasteiger partial charge in [-0.3, -0.25) is 4.79 Å². The Balaban J connectivity index is 0.000000431. The Labute approximate surface area is 247 Å². The predicted molar refractivity (Wildman–Crippen MR) is 152 cm³/mol. The molecular weight excluding hydrogens is 526 g/mol. The first kappa shape index (κ1) is 31.1. The molecule has 0 aromatic carbocycles. The highest BCUT2D eigenvalue weighted by Crippen LogP contribution is 2.63. The van der Waals surface area contributed by atoms with Gasteiger partial charge in [0.05, 0.1) is 11.5 Å². The van der Waals surface area contributed by atoms with Gasteiger partial charge in [-0.05, 0) is 57.3 Å². The number of hydrogen-bond donors (Lipinski definition) is 0. The van der Waals surface area contributed by atoms with E-state index in [1.165, 1.54) is 7.06 Å². The second-order valence-electron chi connectivity index (χ2n) is 13.1. The largest absolute Gasteiger partial charge is 0.458 e. The van der Waals surface area contributed by atoms with Gasteiger partial charge in [-0.2, -0.15) is 8.78 Å². The maximum atomic E-state index is 13.6. The van der Waals surface area contributed by atoms with Crippen LogP contribution >= 0.6 is 0 Å². The van der Waals surface area contributed by atoms with Crippen LogP contribution in [-0.2, 0) is 33.3 Å². The zero-order valence-electron chi connectivity index (χ0n) is 23.6. The van der Waals surface area contributed by atoms with Gasteiger partial charge in [0.15, 0.2) is 0 Å². The van der Waals surface area contributed by atoms with E-state index in [1.807, 2.05) is 6.92 Å². The monoisotopic (exact) mass is 559 g/mol. The number of ether oxygens (including phenoxy) is 4. The third-order valence-electron chi connectivity index (χ3n) is 10.6. The molecule has 0 aromatic rings. The lowest BCUT2D eigenvalue weighted by atomic mass is 8.76. The van der Waals surface area contributed by atoms with Gasteiger partial charge in [0.2, 0.25) is 0 Å². The van der Waals surface area contributed by atoms with Crippen LogP contribution in [0.2, 0.25) is 0 Å². The lowest BCUT2D eigenvalue weighted by molar-refractivity contribution is -0.262. The van der Waals surface area contributed by atoms with E-state index in [-0.39, 0.29) is 60.8 Å². The summed E-state index contributed by atoms with van der Waals surface area (Å²) in [6.07, 6.45) is 4.07. The van der Waals surface area contributed by atoms with Crippen molar-refractivity contribution in [2.24, 2.45) is 35.5 Å². The Bertz CT molecular complexity index is 1030. The fraction of sp³-hybridized carbons (Fsp3) is 0.880. The van der Waals surface area contributed by atoms with E-state index in [2.05, 4.69) is 0 Å². The standard InChI is InChI=1S/C25H32F2O7.B7/c1-3-25(34-22(30)23(2,26)27)14-4-12-5-15(25)10-24(8-12,9-14)31-11-18(28)32-19-13-6-16-17(7-13)21(29)33-20(16)19;1-5-7(4)6(2)3/h12-17,19-20H,3-11H2,1-2H3;. The second-order valence-corrected chi connectivity index (χ2v) is 13.1. The number of hydrogen-bond acceptors (Lipinski definition) is 7. The van der Waals surface area contributed by atoms with Crippen molar-refractivity contribution < 1.29 is 42.1 Å². The molecule has 16 heteroatoms. The fourth-order valence-corrected chi connectivity index (χ4v) is 8.83. The SMILES string of the molecule is CCC1(OC(=O)C(C)(F)F)C2CC3CC1CC(OCC(=O)OC1C4CC5C(=O)OC1C5C4)(C3)C2.[B][B]B([B])B([B])[B]. The number of carbonyl (C=O) groups is 3. The minimum Gasteiger partial charge on any atom is -0.458 e. The van der Waals surface area contributed by atoms with E-state index >= 15 is 0 Å². The van der Waals surface area contributed by atoms with Gasteiger partial charge in [-0.1, -0.05) is 6.92 Å². The molecule has 7 rings (SSSR count). The zero-order chi connectivity index (χ0) is 29.9. The number of fused-ring (bicyclic) bond motifs is 1. The van der Waals surface area contributed by atoms with E-state index in [0.29, 0.717) is 32.1 Å². The highest BCUT2D eigenvalue weighted by molar-refractivity contribution is 7.81. The lowest BCUT2D eigenvalue weighted by Crippen LogP contribution is -2.66. The molecule has 7 unspecified atom stereocenters. The molecule has 1 aliphatic heterocycles. The Hall–Kier alpha value is -1.32. The maximum absolute atomic E-state index is 13.6. The number of rotatable bonds is 9. The molecule has 6 bridgehead atoms. The van der Waals surface area contributed by atoms with Crippen LogP contribution in [0.1, 0.15) is 65.2 Å². The summed E-state index contributed by atoms with van der Waals surface area (Å²) < 4.78 is 50.3. The molecule has 1 saturated heterocycles. The van der Waals surface area contributed by atoms with Crippen molar-refractivity contribution in [1.29, 1.82) is 0 Å². The molecule has 1 heterocycles. The number of alkyl halides is 2. The normalized spacial score (nSPS) is 40.8. The summed E-state index contributed by atoms with van der Waals surface area (Å²) >= 11 is 0. The van der Waals surface area contributed by atoms with E-state index in [0.717, 1.165) is 32.1 Å². The topological polar surface area (TPSA) is 88.1 Å². The third-order valence-corrected chi connectivity index (χ3v) is 10.6. The fourth-order valence-electron chi connectivity index (χ4n) is 8.83. The molecular formula is C25H32B7F2O7. The van der Waals surface area contributed by atoms with E-state index < -0.39 is 35.4 Å². The van der Waals surface area contributed by atoms with Crippen molar-refractivity contribution in [3.63, 3.8) is 0 Å². The Morgan fingerprint density at radius 1 is 1.12 bits per heavy atom. The van der Waals surface area contributed by atoms with Crippen LogP contribution in [0.15, 0.2) is 0 Å². The molecule has 209 valence electrons. The highest BCUT2D eigenvalue weighted by Gasteiger charge is 2.65. The molecule has 7 nitrogen and oxygen atoms in total. The van der Waals surface area contributed by atoms with Crippen molar-refractivity contribution in [3.05, 3.63) is 0 Å². The lowest BCUT2D eigenvalue weighted by Gasteiger charge is -2.64. The van der Waals surface area contributed by atoms with Gasteiger partial charge in [0.25, 0.3) is 0 Å². The number of esters is 3. The minimum absolute atomic E-state index is 0.0335. The first-order valence-electron chi connectivity index (χ1n) is 14.7. The van der Waals surface area contributed by atoms with E-state index in [9.17, 15) is 23.2 Å². The molecule has 6 saturated carbocycles. The van der Waals surface area contributed by atoms with Crippen molar-refractivity contribution in [2.75, 3.05) is 6.61 Å². The first-order valence-corrected chi connectivity index (χ1v) is 14.7. The molecule has 41 heavy (non-hydrogen) atoms. The molecule has 0 aromatic heterocycles. The van der Waals surface area contributed by atoms with Gasteiger partial charge < -0.3 is 18.9 Å². The second kappa shape index (κ2) is 11.3. The van der Waals surface area contributed by atoms with Crippen LogP contribution in [-0.4, -0.2) is 105 Å². The number of halogens is 2. The molecule has 7 fully saturated rings. The Morgan fingerprint density at radius 3 is 2.32 bits per heavy atom. The van der Waals surface area contributed by atoms with Crippen molar-refractivity contribution >= 4 is 68.7 Å². The van der Waals surface area contributed by atoms with Crippen LogP contribution in [0.25, 0.3) is 0 Å². The summed E-state index contributed by atoms with van der Waals surface area (Å²) in [7, 11) is 21.6. The summed E-state index contributed by atoms with van der Waals surface area (Å²) in [5.41, 5.74) is -1.41. The summed E-state index contributed by atoms with van der Waals surface area (Å²) in [4.78, 5) is 36.8. The summed E-state index contributed by atoms with van der Waals surface area (Å²) in [6, 6.07) is 0. The average molecular weight is 558 g/mol. The van der Waals surface area contributed by atoms with Gasteiger partial charge in [-0.15, -0.1) is 0 Å². The highest BCUT2D eigenvalue weighted by atomic mass is 19.3. The van der Waals surface area contributed by atoms with Crippen molar-refractivity contribution in [2.45, 2.75) is 94.5 Å². The smallest absolute Gasteiger partial charge is 0.377 e. The molecule has 0 amide bonds. The average Bonchev–Trinajstić information content (AvgIpc) is 3.54. The van der Waals surface area contributed by atoms with Crippen molar-refractivity contribution in [3.8, 4) is 0 Å². The van der Waals surface area contributed by atoms with Crippen LogP contribution in [0.3, 0.4) is 0 Å². The Morgan fingerprint density at radius 2 is 1.78 bits per heavy atom. The summed E-state index contributed by atoms with van der Waals surface area (Å²) in [5, 5.41) is 0.